The molecule has 0 amide bonds. The van der Waals surface area contributed by atoms with Crippen LogP contribution in [0.25, 0.3) is 0 Å². The second-order valence-electron chi connectivity index (χ2n) is 2.13. The van der Waals surface area contributed by atoms with Gasteiger partial charge in [0.2, 0.25) is 0 Å². The SMILES string of the molecule is C/C=C\C1CC(=O)OC1=O. The molecule has 0 aromatic heterocycles. The predicted octanol–water partition coefficient (Wildman–Crippen LogP) is 0.652. The van der Waals surface area contributed by atoms with Gasteiger partial charge in [-0.25, -0.2) is 0 Å². The first-order valence-corrected chi connectivity index (χ1v) is 3.11. The Labute approximate surface area is 58.7 Å². The summed E-state index contributed by atoms with van der Waals surface area (Å²) in [7, 11) is 0. The Morgan fingerprint density at radius 3 is 2.70 bits per heavy atom. The number of hydrogen-bond acceptors (Lipinski definition) is 3. The Morgan fingerprint density at radius 2 is 2.30 bits per heavy atom. The zero-order valence-electron chi connectivity index (χ0n) is 5.66. The molecule has 0 bridgehead atoms. The van der Waals surface area contributed by atoms with E-state index in [0.717, 1.165) is 0 Å². The van der Waals surface area contributed by atoms with E-state index < -0.39 is 11.9 Å². The molecule has 1 heterocycles. The molecule has 0 saturated carbocycles. The van der Waals surface area contributed by atoms with Crippen LogP contribution in [-0.2, 0) is 14.3 Å². The zero-order chi connectivity index (χ0) is 7.56. The monoisotopic (exact) mass is 140 g/mol. The van der Waals surface area contributed by atoms with Crippen LogP contribution < -0.4 is 0 Å². The van der Waals surface area contributed by atoms with Crippen molar-refractivity contribution in [2.45, 2.75) is 13.3 Å². The number of cyclic esters (lactones) is 2. The maximum atomic E-state index is 10.7. The fourth-order valence-corrected chi connectivity index (χ4v) is 0.871. The molecular weight excluding hydrogens is 132 g/mol. The number of carbonyl (C=O) groups is 2. The van der Waals surface area contributed by atoms with Crippen LogP contribution in [0.3, 0.4) is 0 Å². The normalized spacial score (nSPS) is 25.9. The summed E-state index contributed by atoms with van der Waals surface area (Å²) in [6.07, 6.45) is 3.61. The third-order valence-corrected chi connectivity index (χ3v) is 1.33. The van der Waals surface area contributed by atoms with Gasteiger partial charge in [-0.3, -0.25) is 9.59 Å². The summed E-state index contributed by atoms with van der Waals surface area (Å²) in [5, 5.41) is 0. The van der Waals surface area contributed by atoms with Gasteiger partial charge in [0.1, 0.15) is 0 Å². The van der Waals surface area contributed by atoms with Crippen molar-refractivity contribution >= 4 is 11.9 Å². The lowest BCUT2D eigenvalue weighted by Crippen LogP contribution is -2.03. The Bertz CT molecular complexity index is 193. The molecule has 0 aliphatic carbocycles. The minimum absolute atomic E-state index is 0.198. The molecule has 1 rings (SSSR count). The lowest BCUT2D eigenvalue weighted by Gasteiger charge is -1.91. The molecule has 1 aliphatic rings. The van der Waals surface area contributed by atoms with Gasteiger partial charge in [0.05, 0.1) is 12.3 Å². The molecule has 0 aromatic rings. The highest BCUT2D eigenvalue weighted by Crippen LogP contribution is 2.16. The largest absolute Gasteiger partial charge is 0.393 e. The van der Waals surface area contributed by atoms with Crippen molar-refractivity contribution in [2.24, 2.45) is 5.92 Å². The number of carbonyl (C=O) groups excluding carboxylic acids is 2. The van der Waals surface area contributed by atoms with E-state index in [0.29, 0.717) is 0 Å². The second-order valence-corrected chi connectivity index (χ2v) is 2.13. The van der Waals surface area contributed by atoms with Crippen molar-refractivity contribution in [3.8, 4) is 0 Å². The Balaban J connectivity index is 2.63. The lowest BCUT2D eigenvalue weighted by molar-refractivity contribution is -0.152. The first kappa shape index (κ1) is 6.99. The third-order valence-electron chi connectivity index (χ3n) is 1.33. The van der Waals surface area contributed by atoms with Crippen molar-refractivity contribution in [3.63, 3.8) is 0 Å². The van der Waals surface area contributed by atoms with E-state index in [1.54, 1.807) is 19.1 Å². The standard InChI is InChI=1S/C7H8O3/c1-2-3-5-4-6(8)10-7(5)9/h2-3,5H,4H2,1H3/b3-2-. The Hall–Kier alpha value is -1.12. The van der Waals surface area contributed by atoms with E-state index in [2.05, 4.69) is 4.74 Å². The molecule has 0 radical (unpaired) electrons. The van der Waals surface area contributed by atoms with Crippen LogP contribution in [0.2, 0.25) is 0 Å². The van der Waals surface area contributed by atoms with Gasteiger partial charge in [-0.2, -0.15) is 0 Å². The van der Waals surface area contributed by atoms with E-state index in [1.807, 2.05) is 0 Å². The molecule has 0 spiro atoms. The fourth-order valence-electron chi connectivity index (χ4n) is 0.871. The highest BCUT2D eigenvalue weighted by molar-refractivity contribution is 5.95. The molecular formula is C7H8O3. The van der Waals surface area contributed by atoms with E-state index in [-0.39, 0.29) is 12.3 Å². The summed E-state index contributed by atoms with van der Waals surface area (Å²) in [5.41, 5.74) is 0. The minimum atomic E-state index is -0.428. The molecule has 10 heavy (non-hydrogen) atoms. The van der Waals surface area contributed by atoms with Crippen LogP contribution in [0.15, 0.2) is 12.2 Å². The highest BCUT2D eigenvalue weighted by Gasteiger charge is 2.30. The van der Waals surface area contributed by atoms with E-state index in [9.17, 15) is 9.59 Å². The first-order valence-electron chi connectivity index (χ1n) is 3.11. The van der Waals surface area contributed by atoms with Crippen molar-refractivity contribution in [3.05, 3.63) is 12.2 Å². The van der Waals surface area contributed by atoms with Crippen LogP contribution in [0.5, 0.6) is 0 Å². The maximum absolute atomic E-state index is 10.7. The third kappa shape index (κ3) is 1.23. The molecule has 54 valence electrons. The number of rotatable bonds is 1. The molecule has 3 heteroatoms. The first-order chi connectivity index (χ1) is 4.74. The lowest BCUT2D eigenvalue weighted by atomic mass is 10.1. The fraction of sp³-hybridized carbons (Fsp3) is 0.429. The molecule has 1 saturated heterocycles. The van der Waals surface area contributed by atoms with Crippen molar-refractivity contribution < 1.29 is 14.3 Å². The molecule has 1 unspecified atom stereocenters. The Kier molecular flexibility index (Phi) is 1.85. The van der Waals surface area contributed by atoms with E-state index >= 15 is 0 Å². The van der Waals surface area contributed by atoms with Gasteiger partial charge in [0.15, 0.2) is 0 Å². The zero-order valence-corrected chi connectivity index (χ0v) is 5.66. The van der Waals surface area contributed by atoms with Crippen molar-refractivity contribution in [1.29, 1.82) is 0 Å². The maximum Gasteiger partial charge on any atom is 0.321 e. The van der Waals surface area contributed by atoms with Crippen molar-refractivity contribution in [1.82, 2.24) is 0 Å². The van der Waals surface area contributed by atoms with E-state index in [1.165, 1.54) is 0 Å². The number of esters is 2. The molecule has 1 fully saturated rings. The highest BCUT2D eigenvalue weighted by atomic mass is 16.6. The van der Waals surface area contributed by atoms with Crippen LogP contribution >= 0.6 is 0 Å². The number of hydrogen-bond donors (Lipinski definition) is 0. The van der Waals surface area contributed by atoms with Crippen LogP contribution in [0.4, 0.5) is 0 Å². The van der Waals surface area contributed by atoms with Gasteiger partial charge in [-0.15, -0.1) is 0 Å². The summed E-state index contributed by atoms with van der Waals surface area (Å²) < 4.78 is 4.30. The average Bonchev–Trinajstić information content (AvgIpc) is 2.13. The van der Waals surface area contributed by atoms with Gasteiger partial charge in [-0.05, 0) is 6.92 Å². The van der Waals surface area contributed by atoms with Crippen LogP contribution in [0, 0.1) is 5.92 Å². The Morgan fingerprint density at radius 1 is 1.60 bits per heavy atom. The van der Waals surface area contributed by atoms with Gasteiger partial charge < -0.3 is 4.74 Å². The molecule has 1 aliphatic heterocycles. The minimum Gasteiger partial charge on any atom is -0.393 e. The summed E-state index contributed by atoms with van der Waals surface area (Å²) in [4.78, 5) is 21.1. The average molecular weight is 140 g/mol. The van der Waals surface area contributed by atoms with Crippen LogP contribution in [-0.4, -0.2) is 11.9 Å². The summed E-state index contributed by atoms with van der Waals surface area (Å²) in [6.45, 7) is 1.80. The van der Waals surface area contributed by atoms with Gasteiger partial charge in [0, 0.05) is 0 Å². The smallest absolute Gasteiger partial charge is 0.321 e. The summed E-state index contributed by atoms with van der Waals surface area (Å²) in [5.74, 6) is -1.19. The number of allylic oxidation sites excluding steroid dienone is 1. The van der Waals surface area contributed by atoms with Crippen molar-refractivity contribution in [2.75, 3.05) is 0 Å². The summed E-state index contributed by atoms with van der Waals surface area (Å²) >= 11 is 0. The molecule has 1 atom stereocenters. The topological polar surface area (TPSA) is 43.4 Å². The van der Waals surface area contributed by atoms with E-state index in [4.69, 9.17) is 0 Å². The number of ether oxygens (including phenoxy) is 1. The molecule has 0 N–H and O–H groups in total. The molecule has 3 nitrogen and oxygen atoms in total. The van der Waals surface area contributed by atoms with Gasteiger partial charge >= 0.3 is 11.9 Å². The molecule has 0 aromatic carbocycles. The van der Waals surface area contributed by atoms with Gasteiger partial charge in [0.25, 0.3) is 0 Å². The second kappa shape index (κ2) is 2.64. The quantitative estimate of drug-likeness (QED) is 0.305. The van der Waals surface area contributed by atoms with Crippen LogP contribution in [0.1, 0.15) is 13.3 Å². The van der Waals surface area contributed by atoms with Gasteiger partial charge in [-0.1, -0.05) is 12.2 Å². The predicted molar refractivity (Wildman–Crippen MR) is 34.0 cm³/mol. The summed E-state index contributed by atoms with van der Waals surface area (Å²) in [6, 6.07) is 0.